The van der Waals surface area contributed by atoms with Crippen molar-refractivity contribution < 1.29 is 0 Å². The lowest BCUT2D eigenvalue weighted by molar-refractivity contribution is 0.667. The first-order valence-corrected chi connectivity index (χ1v) is 5.17. The first-order valence-electron chi connectivity index (χ1n) is 3.56. The molecule has 0 saturated carbocycles. The fourth-order valence-electron chi connectivity index (χ4n) is 0.832. The Balaban J connectivity index is 1.95. The summed E-state index contributed by atoms with van der Waals surface area (Å²) in [6.45, 7) is 0. The Morgan fingerprint density at radius 3 is 2.75 bits per heavy atom. The number of nitrogens with zero attached hydrogens (tertiary/aromatic N) is 1. The van der Waals surface area contributed by atoms with Gasteiger partial charge in [0, 0.05) is 16.5 Å². The molecule has 0 bridgehead atoms. The highest BCUT2D eigenvalue weighted by atomic mass is 32.2. The molecule has 62 valence electrons. The van der Waals surface area contributed by atoms with Crippen molar-refractivity contribution in [3.05, 3.63) is 41.9 Å². The van der Waals surface area contributed by atoms with Crippen LogP contribution in [0.1, 0.15) is 0 Å². The van der Waals surface area contributed by atoms with Crippen molar-refractivity contribution in [3.63, 3.8) is 0 Å². The molecule has 0 aliphatic carbocycles. The maximum atomic E-state index is 3.08. The van der Waals surface area contributed by atoms with Gasteiger partial charge in [0.15, 0.2) is 0 Å². The first-order chi connectivity index (χ1) is 5.95. The lowest BCUT2D eigenvalue weighted by Gasteiger charge is -2.11. The van der Waals surface area contributed by atoms with Gasteiger partial charge in [-0.3, -0.25) is 0 Å². The van der Waals surface area contributed by atoms with Crippen molar-refractivity contribution in [2.45, 2.75) is 4.90 Å². The highest BCUT2D eigenvalue weighted by molar-refractivity contribution is 8.13. The van der Waals surface area contributed by atoms with E-state index >= 15 is 0 Å². The number of hydrogen-bond acceptors (Lipinski definition) is 4. The molecule has 0 atom stereocenters. The Morgan fingerprint density at radius 1 is 1.25 bits per heavy atom. The monoisotopic (exact) mass is 196 g/mol. The van der Waals surface area contributed by atoms with E-state index in [-0.39, 0.29) is 0 Å². The molecule has 12 heavy (non-hydrogen) atoms. The van der Waals surface area contributed by atoms with Crippen LogP contribution in [0.3, 0.4) is 0 Å². The van der Waals surface area contributed by atoms with Crippen LogP contribution in [0.15, 0.2) is 46.8 Å². The van der Waals surface area contributed by atoms with Crippen LogP contribution < -0.4 is 5.43 Å². The van der Waals surface area contributed by atoms with Crippen molar-refractivity contribution in [1.82, 2.24) is 9.25 Å². The summed E-state index contributed by atoms with van der Waals surface area (Å²) in [5.41, 5.74) is 3.08. The van der Waals surface area contributed by atoms with E-state index in [0.29, 0.717) is 0 Å². The van der Waals surface area contributed by atoms with E-state index in [2.05, 4.69) is 17.6 Å². The predicted octanol–water partition coefficient (Wildman–Crippen LogP) is 2.63. The van der Waals surface area contributed by atoms with Gasteiger partial charge in [-0.15, -0.1) is 0 Å². The van der Waals surface area contributed by atoms with E-state index in [9.17, 15) is 0 Å². The van der Waals surface area contributed by atoms with Gasteiger partial charge in [-0.05, 0) is 36.0 Å². The number of rotatable bonds is 2. The number of nitrogens with one attached hydrogen (secondary N) is 1. The molecule has 1 aliphatic heterocycles. The molecule has 0 saturated heterocycles. The van der Waals surface area contributed by atoms with Crippen molar-refractivity contribution in [1.29, 1.82) is 0 Å². The van der Waals surface area contributed by atoms with Gasteiger partial charge in [0.2, 0.25) is 0 Å². The van der Waals surface area contributed by atoms with Crippen LogP contribution in [0.25, 0.3) is 0 Å². The molecule has 0 unspecified atom stereocenters. The molecule has 2 rings (SSSR count). The van der Waals surface area contributed by atoms with E-state index < -0.39 is 0 Å². The summed E-state index contributed by atoms with van der Waals surface area (Å²) < 4.78 is 2.00. The number of hydrogen-bond donors (Lipinski definition) is 1. The van der Waals surface area contributed by atoms with E-state index in [1.807, 2.05) is 33.6 Å². The minimum Gasteiger partial charge on any atom is -0.306 e. The predicted molar refractivity (Wildman–Crippen MR) is 54.0 cm³/mol. The van der Waals surface area contributed by atoms with Crippen molar-refractivity contribution >= 4 is 23.9 Å². The van der Waals surface area contributed by atoms with Crippen LogP contribution in [0.2, 0.25) is 0 Å². The summed E-state index contributed by atoms with van der Waals surface area (Å²) in [4.78, 5) is 1.24. The normalized spacial score (nSPS) is 16.3. The van der Waals surface area contributed by atoms with Gasteiger partial charge >= 0.3 is 0 Å². The third kappa shape index (κ3) is 1.97. The standard InChI is InChI=1S/C8H8N2S2/c1-2-4-8(5-3-1)12-10-9-6-7-11-10/h1-7,9H. The van der Waals surface area contributed by atoms with Gasteiger partial charge in [-0.1, -0.05) is 22.0 Å². The minimum atomic E-state index is 1.24. The van der Waals surface area contributed by atoms with E-state index in [1.54, 1.807) is 23.9 Å². The summed E-state index contributed by atoms with van der Waals surface area (Å²) in [6, 6.07) is 10.3. The molecule has 1 aromatic carbocycles. The number of benzene rings is 1. The highest BCUT2D eigenvalue weighted by Crippen LogP contribution is 2.29. The maximum absolute atomic E-state index is 3.08. The molecule has 0 amide bonds. The zero-order valence-electron chi connectivity index (χ0n) is 6.31. The van der Waals surface area contributed by atoms with E-state index in [1.165, 1.54) is 4.90 Å². The van der Waals surface area contributed by atoms with Crippen molar-refractivity contribution in [2.24, 2.45) is 0 Å². The molecular formula is C8H8N2S2. The summed E-state index contributed by atoms with van der Waals surface area (Å²) in [5.74, 6) is 0. The average Bonchev–Trinajstić information content (AvgIpc) is 2.59. The Labute approximate surface area is 80.3 Å². The Morgan fingerprint density at radius 2 is 2.08 bits per heavy atom. The summed E-state index contributed by atoms with van der Waals surface area (Å²) in [7, 11) is 0. The van der Waals surface area contributed by atoms with E-state index in [4.69, 9.17) is 0 Å². The zero-order valence-corrected chi connectivity index (χ0v) is 7.94. The quantitative estimate of drug-likeness (QED) is 0.731. The van der Waals surface area contributed by atoms with Gasteiger partial charge in [-0.2, -0.15) is 0 Å². The Hall–Kier alpha value is -0.580. The van der Waals surface area contributed by atoms with Crippen LogP contribution in [0.5, 0.6) is 0 Å². The fraction of sp³-hybridized carbons (Fsp3) is 0. The second kappa shape index (κ2) is 3.89. The van der Waals surface area contributed by atoms with Crippen LogP contribution in [-0.2, 0) is 0 Å². The maximum Gasteiger partial charge on any atom is 0.0257 e. The molecule has 0 fully saturated rings. The lowest BCUT2D eigenvalue weighted by Crippen LogP contribution is -2.14. The molecule has 0 radical (unpaired) electrons. The molecule has 4 heteroatoms. The molecule has 1 aliphatic rings. The first kappa shape index (κ1) is 8.04. The van der Waals surface area contributed by atoms with E-state index in [0.717, 1.165) is 0 Å². The molecule has 1 heterocycles. The van der Waals surface area contributed by atoms with Crippen LogP contribution in [0, 0.1) is 0 Å². The smallest absolute Gasteiger partial charge is 0.0257 e. The largest absolute Gasteiger partial charge is 0.306 e. The highest BCUT2D eigenvalue weighted by Gasteiger charge is 2.07. The molecule has 1 aromatic rings. The minimum absolute atomic E-state index is 1.24. The van der Waals surface area contributed by atoms with Gasteiger partial charge in [0.25, 0.3) is 0 Å². The van der Waals surface area contributed by atoms with Crippen LogP contribution in [0.4, 0.5) is 0 Å². The average molecular weight is 196 g/mol. The Kier molecular flexibility index (Phi) is 2.60. The molecular weight excluding hydrogens is 188 g/mol. The zero-order chi connectivity index (χ0) is 8.23. The lowest BCUT2D eigenvalue weighted by atomic mass is 10.4. The molecule has 1 N–H and O–H groups in total. The molecule has 2 nitrogen and oxygen atoms in total. The number of hydrazine groups is 1. The summed E-state index contributed by atoms with van der Waals surface area (Å²) in [5, 5.41) is 2.01. The second-order valence-electron chi connectivity index (χ2n) is 2.20. The van der Waals surface area contributed by atoms with Crippen molar-refractivity contribution in [2.75, 3.05) is 0 Å². The topological polar surface area (TPSA) is 15.3 Å². The van der Waals surface area contributed by atoms with Crippen molar-refractivity contribution in [3.8, 4) is 0 Å². The second-order valence-corrected chi connectivity index (χ2v) is 4.30. The van der Waals surface area contributed by atoms with Gasteiger partial charge < -0.3 is 5.43 Å². The SMILES string of the molecule is C1=CSN(Sc2ccccc2)N1. The third-order valence-electron chi connectivity index (χ3n) is 1.34. The molecule has 0 spiro atoms. The van der Waals surface area contributed by atoms with Gasteiger partial charge in [-0.25, -0.2) is 0 Å². The summed E-state index contributed by atoms with van der Waals surface area (Å²) in [6.07, 6.45) is 1.92. The van der Waals surface area contributed by atoms with Crippen LogP contribution in [-0.4, -0.2) is 3.82 Å². The van der Waals surface area contributed by atoms with Crippen LogP contribution >= 0.6 is 23.9 Å². The fourth-order valence-corrected chi connectivity index (χ4v) is 2.35. The Bertz CT molecular complexity index is 266. The molecule has 0 aromatic heterocycles. The summed E-state index contributed by atoms with van der Waals surface area (Å²) >= 11 is 3.32. The third-order valence-corrected chi connectivity index (χ3v) is 3.13. The van der Waals surface area contributed by atoms with Gasteiger partial charge in [0.05, 0.1) is 0 Å². The van der Waals surface area contributed by atoms with Gasteiger partial charge in [0.1, 0.15) is 0 Å².